The van der Waals surface area contributed by atoms with E-state index in [1.54, 1.807) is 19.9 Å². The van der Waals surface area contributed by atoms with Crippen LogP contribution >= 0.6 is 0 Å². The topological polar surface area (TPSA) is 123 Å². The van der Waals surface area contributed by atoms with E-state index in [-0.39, 0.29) is 35.7 Å². The molecule has 8 nitrogen and oxygen atoms in total. The molecular weight excluding hydrogens is 572 g/mol. The molecule has 6 rings (SSSR count). The molecule has 0 unspecified atom stereocenters. The average molecular weight is 616 g/mol. The number of allylic oxidation sites excluding steroid dienone is 4. The number of aliphatic hydroxyl groups is 1. The quantitative estimate of drug-likeness (QED) is 0.398. The number of nitrogens with zero attached hydrogens (tertiary/aromatic N) is 1. The molecule has 1 N–H and O–H groups in total. The molecule has 10 heteroatoms. The Morgan fingerprint density at radius 1 is 1.14 bits per heavy atom. The Balaban J connectivity index is 1.39. The summed E-state index contributed by atoms with van der Waals surface area (Å²) < 4.78 is 51.1. The fourth-order valence-corrected chi connectivity index (χ4v) is 11.2. The molecule has 240 valence electrons. The Kier molecular flexibility index (Phi) is 6.81. The third kappa shape index (κ3) is 3.71. The summed E-state index contributed by atoms with van der Waals surface area (Å²) in [6, 6.07) is 1.78. The van der Waals surface area contributed by atoms with Crippen LogP contribution in [0.2, 0.25) is 0 Å². The van der Waals surface area contributed by atoms with Crippen LogP contribution in [0.3, 0.4) is 0 Å². The molecule has 0 aromatic rings. The first kappa shape index (κ1) is 31.2. The number of halogens is 2. The number of esters is 1. The first-order valence-electron chi connectivity index (χ1n) is 15.8. The van der Waals surface area contributed by atoms with E-state index in [4.69, 9.17) is 14.2 Å². The SMILES string of the molecule is C[C@@H]1C[C@H]2[C@@H]3C[C@H](F)C4=CC(=O)C=C[C@]4(C)[C@@]3(F)[C@@H](O)C[C@]2(C)[C@@]1(OC(=O)O[C@H]1C(C)(C)[C@H]2CC[C@]1(C)C2)C(=O)OCC#N. The molecule has 6 aliphatic carbocycles. The van der Waals surface area contributed by atoms with Crippen molar-refractivity contribution in [2.24, 2.45) is 45.3 Å². The zero-order valence-electron chi connectivity index (χ0n) is 26.3. The summed E-state index contributed by atoms with van der Waals surface area (Å²) in [4.78, 5) is 40.0. The number of carbonyl (C=O) groups excluding carboxylic acids is 3. The van der Waals surface area contributed by atoms with Crippen molar-refractivity contribution >= 4 is 17.9 Å². The molecule has 6 aliphatic rings. The number of hydrogen-bond donors (Lipinski definition) is 1. The first-order chi connectivity index (χ1) is 20.4. The summed E-state index contributed by atoms with van der Waals surface area (Å²) >= 11 is 0. The van der Waals surface area contributed by atoms with Gasteiger partial charge in [0.25, 0.3) is 0 Å². The number of alkyl halides is 2. The molecule has 44 heavy (non-hydrogen) atoms. The highest BCUT2D eigenvalue weighted by Crippen LogP contribution is 2.72. The van der Waals surface area contributed by atoms with Gasteiger partial charge in [-0.15, -0.1) is 0 Å². The highest BCUT2D eigenvalue weighted by molar-refractivity contribution is 6.01. The molecule has 5 saturated carbocycles. The number of aliphatic hydroxyl groups excluding tert-OH is 1. The van der Waals surface area contributed by atoms with Crippen molar-refractivity contribution < 1.29 is 42.5 Å². The van der Waals surface area contributed by atoms with Gasteiger partial charge in [-0.25, -0.2) is 18.4 Å². The Morgan fingerprint density at radius 2 is 1.84 bits per heavy atom. The second-order valence-corrected chi connectivity index (χ2v) is 15.7. The van der Waals surface area contributed by atoms with Gasteiger partial charge in [0.1, 0.15) is 18.3 Å². The number of rotatable bonds is 4. The maximum atomic E-state index is 17.7. The highest BCUT2D eigenvalue weighted by atomic mass is 19.1. The van der Waals surface area contributed by atoms with Gasteiger partial charge >= 0.3 is 12.1 Å². The van der Waals surface area contributed by atoms with Gasteiger partial charge in [-0.2, -0.15) is 5.26 Å². The van der Waals surface area contributed by atoms with Gasteiger partial charge in [0, 0.05) is 33.5 Å². The fraction of sp³-hybridized carbons (Fsp3) is 0.765. The van der Waals surface area contributed by atoms with E-state index in [0.29, 0.717) is 5.92 Å². The lowest BCUT2D eigenvalue weighted by molar-refractivity contribution is -0.235. The summed E-state index contributed by atoms with van der Waals surface area (Å²) in [5.41, 5.74) is -7.93. The van der Waals surface area contributed by atoms with Gasteiger partial charge in [0.2, 0.25) is 5.60 Å². The Morgan fingerprint density at radius 3 is 2.48 bits per heavy atom. The number of hydrogen-bond acceptors (Lipinski definition) is 8. The highest BCUT2D eigenvalue weighted by Gasteiger charge is 2.79. The summed E-state index contributed by atoms with van der Waals surface area (Å²) in [5.74, 6) is -3.56. The van der Waals surface area contributed by atoms with Crippen molar-refractivity contribution in [1.82, 2.24) is 0 Å². The molecule has 5 fully saturated rings. The van der Waals surface area contributed by atoms with Gasteiger partial charge in [-0.3, -0.25) is 4.79 Å². The lowest BCUT2D eigenvalue weighted by Gasteiger charge is -2.63. The summed E-state index contributed by atoms with van der Waals surface area (Å²) in [7, 11) is 0. The van der Waals surface area contributed by atoms with Crippen molar-refractivity contribution in [3.05, 3.63) is 23.8 Å². The average Bonchev–Trinajstić information content (AvgIpc) is 3.51. The fourth-order valence-electron chi connectivity index (χ4n) is 11.2. The largest absolute Gasteiger partial charge is 0.509 e. The van der Waals surface area contributed by atoms with E-state index in [9.17, 15) is 24.8 Å². The minimum atomic E-state index is -2.36. The zero-order valence-corrected chi connectivity index (χ0v) is 26.3. The van der Waals surface area contributed by atoms with E-state index < -0.39 is 82.7 Å². The molecule has 12 atom stereocenters. The van der Waals surface area contributed by atoms with Crippen LogP contribution in [0.1, 0.15) is 80.1 Å². The maximum absolute atomic E-state index is 17.7. The van der Waals surface area contributed by atoms with Crippen LogP contribution < -0.4 is 0 Å². The van der Waals surface area contributed by atoms with Crippen LogP contribution in [-0.4, -0.2) is 59.3 Å². The molecule has 0 heterocycles. The van der Waals surface area contributed by atoms with E-state index >= 15 is 8.78 Å². The van der Waals surface area contributed by atoms with Crippen molar-refractivity contribution in [3.8, 4) is 6.07 Å². The van der Waals surface area contributed by atoms with Gasteiger partial charge in [0.05, 0.1) is 6.10 Å². The van der Waals surface area contributed by atoms with Crippen LogP contribution in [-0.2, 0) is 23.8 Å². The van der Waals surface area contributed by atoms with Crippen molar-refractivity contribution in [1.29, 1.82) is 5.26 Å². The standard InChI is InChI=1S/C34H43F2NO7/c1-18-13-21-22-15-24(35)23-14-20(38)8-10-31(23,5)33(22,36)25(39)17-32(21,6)34(18,27(40)42-12-11-37)44-28(41)43-26-29(2,3)19-7-9-30(26,4)16-19/h8,10,14,18-19,21-22,24-26,39H,7,9,12-13,15-17H2,1-6H3/t18-,19+,21+,22+,24+,25+,26+,30-,31+,32+,33+,34+/m1/s1. The first-order valence-corrected chi connectivity index (χ1v) is 15.8. The molecular formula is C34H43F2NO7. The van der Waals surface area contributed by atoms with Gasteiger partial charge in [0.15, 0.2) is 18.1 Å². The zero-order chi connectivity index (χ0) is 32.3. The molecule has 0 amide bonds. The van der Waals surface area contributed by atoms with Crippen molar-refractivity contribution in [3.63, 3.8) is 0 Å². The Labute approximate surface area is 257 Å². The maximum Gasteiger partial charge on any atom is 0.509 e. The van der Waals surface area contributed by atoms with Crippen molar-refractivity contribution in [2.75, 3.05) is 6.61 Å². The minimum absolute atomic E-state index is 0.000981. The lowest BCUT2D eigenvalue weighted by atomic mass is 9.44. The van der Waals surface area contributed by atoms with Crippen molar-refractivity contribution in [2.45, 2.75) is 110 Å². The van der Waals surface area contributed by atoms with Gasteiger partial charge in [-0.1, -0.05) is 40.7 Å². The predicted molar refractivity (Wildman–Crippen MR) is 153 cm³/mol. The van der Waals surface area contributed by atoms with Gasteiger partial charge < -0.3 is 19.3 Å². The summed E-state index contributed by atoms with van der Waals surface area (Å²) in [5, 5.41) is 20.9. The number of carbonyl (C=O) groups is 3. The van der Waals surface area contributed by atoms with Crippen LogP contribution in [0.4, 0.5) is 13.6 Å². The Hall–Kier alpha value is -2.80. The van der Waals surface area contributed by atoms with Crippen LogP contribution in [0.25, 0.3) is 0 Å². The second kappa shape index (κ2) is 9.60. The lowest BCUT2D eigenvalue weighted by Crippen LogP contribution is -2.71. The van der Waals surface area contributed by atoms with E-state index in [1.165, 1.54) is 19.1 Å². The van der Waals surface area contributed by atoms with Crippen LogP contribution in [0.15, 0.2) is 23.8 Å². The molecule has 2 bridgehead atoms. The number of fused-ring (bicyclic) bond motifs is 7. The summed E-state index contributed by atoms with van der Waals surface area (Å²) in [6.07, 6.45) is 1.23. The monoisotopic (exact) mass is 615 g/mol. The normalized spacial score (nSPS) is 49.7. The molecule has 0 aliphatic heterocycles. The number of ketones is 1. The number of ether oxygens (including phenoxy) is 3. The second-order valence-electron chi connectivity index (χ2n) is 15.7. The van der Waals surface area contributed by atoms with Gasteiger partial charge in [-0.05, 0) is 75.0 Å². The van der Waals surface area contributed by atoms with Crippen LogP contribution in [0.5, 0.6) is 0 Å². The molecule has 0 saturated heterocycles. The number of nitriles is 1. The predicted octanol–water partition coefficient (Wildman–Crippen LogP) is 5.72. The third-order valence-electron chi connectivity index (χ3n) is 13.3. The molecule has 0 aromatic heterocycles. The Bertz CT molecular complexity index is 1400. The van der Waals surface area contributed by atoms with E-state index in [1.807, 2.05) is 0 Å². The molecule has 0 aromatic carbocycles. The smallest absolute Gasteiger partial charge is 0.447 e. The summed E-state index contributed by atoms with van der Waals surface area (Å²) in [6.45, 7) is 10.5. The van der Waals surface area contributed by atoms with E-state index in [0.717, 1.165) is 25.3 Å². The van der Waals surface area contributed by atoms with Crippen LogP contribution in [0, 0.1) is 56.7 Å². The minimum Gasteiger partial charge on any atom is -0.447 e. The molecule has 0 radical (unpaired) electrons. The van der Waals surface area contributed by atoms with E-state index in [2.05, 4.69) is 20.8 Å². The molecule has 0 spiro atoms. The third-order valence-corrected chi connectivity index (χ3v) is 13.3.